The third-order valence-electron chi connectivity index (χ3n) is 6.77. The maximum Gasteiger partial charge on any atom is 0.233 e. The number of amides is 1. The SMILES string of the molecule is O=C1[C@H](CC[C@H](O)c2ccc(F)cc2)[C@@H](c2ccc(-c3cccc(O)c3)c(O)c2)N1c1ccccc1. The topological polar surface area (TPSA) is 81.0 Å². The molecule has 3 N–H and O–H groups in total. The quantitative estimate of drug-likeness (QED) is 0.277. The molecule has 1 amide bonds. The minimum atomic E-state index is -0.814. The van der Waals surface area contributed by atoms with E-state index in [2.05, 4.69) is 0 Å². The summed E-state index contributed by atoms with van der Waals surface area (Å²) in [5.74, 6) is -0.640. The van der Waals surface area contributed by atoms with Crippen molar-refractivity contribution in [3.05, 3.63) is 114 Å². The monoisotopic (exact) mass is 483 g/mol. The van der Waals surface area contributed by atoms with Gasteiger partial charge >= 0.3 is 0 Å². The molecule has 0 unspecified atom stereocenters. The first-order chi connectivity index (χ1) is 17.4. The van der Waals surface area contributed by atoms with Crippen LogP contribution in [0.1, 0.15) is 36.1 Å². The van der Waals surface area contributed by atoms with Crippen LogP contribution in [0.25, 0.3) is 11.1 Å². The summed E-state index contributed by atoms with van der Waals surface area (Å²) in [6, 6.07) is 26.8. The normalized spacial score (nSPS) is 18.1. The van der Waals surface area contributed by atoms with Crippen LogP contribution < -0.4 is 4.90 Å². The fourth-order valence-corrected chi connectivity index (χ4v) is 4.93. The number of benzene rings is 4. The first kappa shape index (κ1) is 23.6. The molecule has 1 saturated heterocycles. The van der Waals surface area contributed by atoms with Crippen LogP contribution in [0, 0.1) is 11.7 Å². The highest BCUT2D eigenvalue weighted by atomic mass is 19.1. The number of carbonyl (C=O) groups excluding carboxylic acids is 1. The number of halogens is 1. The molecule has 3 atom stereocenters. The van der Waals surface area contributed by atoms with Gasteiger partial charge in [-0.05, 0) is 72.0 Å². The zero-order valence-corrected chi connectivity index (χ0v) is 19.5. The van der Waals surface area contributed by atoms with Crippen LogP contribution in [0.5, 0.6) is 11.5 Å². The van der Waals surface area contributed by atoms with E-state index in [4.69, 9.17) is 0 Å². The predicted octanol–water partition coefficient (Wildman–Crippen LogP) is 6.12. The summed E-state index contributed by atoms with van der Waals surface area (Å²) >= 11 is 0. The number of aromatic hydroxyl groups is 2. The summed E-state index contributed by atoms with van der Waals surface area (Å²) in [5.41, 5.74) is 3.41. The van der Waals surface area contributed by atoms with Gasteiger partial charge in [0.15, 0.2) is 0 Å². The molecule has 1 aliphatic heterocycles. The molecule has 1 aliphatic rings. The van der Waals surface area contributed by atoms with Gasteiger partial charge in [0.25, 0.3) is 0 Å². The number of β-lactam (4-membered cyclic amide) rings is 1. The largest absolute Gasteiger partial charge is 0.508 e. The summed E-state index contributed by atoms with van der Waals surface area (Å²) in [7, 11) is 0. The molecule has 182 valence electrons. The van der Waals surface area contributed by atoms with E-state index in [-0.39, 0.29) is 35.2 Å². The van der Waals surface area contributed by atoms with Crippen LogP contribution in [0.15, 0.2) is 97.1 Å². The standard InChI is InChI=1S/C30H26FNO4/c31-22-12-9-19(10-13-22)27(34)16-15-26-29(32(30(26)36)23-6-2-1-3-7-23)21-11-14-25(28(35)18-21)20-5-4-8-24(33)17-20/h1-14,17-18,26-27,29,33-35H,15-16H2/t26-,27+,29-/m1/s1. The average Bonchev–Trinajstić information content (AvgIpc) is 2.88. The summed E-state index contributed by atoms with van der Waals surface area (Å²) in [6.45, 7) is 0. The molecule has 0 saturated carbocycles. The Balaban J connectivity index is 1.42. The van der Waals surface area contributed by atoms with Gasteiger partial charge in [-0.2, -0.15) is 0 Å². The smallest absolute Gasteiger partial charge is 0.233 e. The highest BCUT2D eigenvalue weighted by Gasteiger charge is 2.48. The van der Waals surface area contributed by atoms with Gasteiger partial charge in [0, 0.05) is 11.3 Å². The number of phenolic OH excluding ortho intramolecular Hbond substituents is 2. The molecule has 0 spiro atoms. The van der Waals surface area contributed by atoms with Crippen LogP contribution in [-0.4, -0.2) is 21.2 Å². The summed E-state index contributed by atoms with van der Waals surface area (Å²) in [6.07, 6.45) is -0.0408. The van der Waals surface area contributed by atoms with E-state index in [0.717, 1.165) is 11.3 Å². The van der Waals surface area contributed by atoms with Gasteiger partial charge in [0.05, 0.1) is 18.1 Å². The minimum absolute atomic E-state index is 0.0472. The lowest BCUT2D eigenvalue weighted by atomic mass is 9.78. The van der Waals surface area contributed by atoms with Crippen molar-refractivity contribution in [2.24, 2.45) is 5.92 Å². The third-order valence-corrected chi connectivity index (χ3v) is 6.77. The summed E-state index contributed by atoms with van der Waals surface area (Å²) in [4.78, 5) is 15.0. The Kier molecular flexibility index (Phi) is 6.44. The van der Waals surface area contributed by atoms with E-state index in [1.807, 2.05) is 36.4 Å². The van der Waals surface area contributed by atoms with E-state index >= 15 is 0 Å². The molecular formula is C30H26FNO4. The van der Waals surface area contributed by atoms with Crippen LogP contribution in [0.4, 0.5) is 10.1 Å². The summed E-state index contributed by atoms with van der Waals surface area (Å²) < 4.78 is 13.2. The van der Waals surface area contributed by atoms with Crippen molar-refractivity contribution in [1.29, 1.82) is 0 Å². The minimum Gasteiger partial charge on any atom is -0.508 e. The van der Waals surface area contributed by atoms with Crippen LogP contribution in [-0.2, 0) is 4.79 Å². The molecule has 0 bridgehead atoms. The number of aliphatic hydroxyl groups is 1. The molecule has 4 aromatic carbocycles. The van der Waals surface area contributed by atoms with Crippen molar-refractivity contribution in [3.8, 4) is 22.6 Å². The second-order valence-electron chi connectivity index (χ2n) is 9.07. The molecule has 0 aromatic heterocycles. The van der Waals surface area contributed by atoms with E-state index in [1.165, 1.54) is 12.1 Å². The number of hydrogen-bond donors (Lipinski definition) is 3. The number of aliphatic hydroxyl groups excluding tert-OH is 1. The second-order valence-corrected chi connectivity index (χ2v) is 9.07. The Hall–Kier alpha value is -4.16. The first-order valence-corrected chi connectivity index (χ1v) is 11.9. The lowest BCUT2D eigenvalue weighted by Crippen LogP contribution is -2.55. The number of hydrogen-bond acceptors (Lipinski definition) is 4. The zero-order valence-electron chi connectivity index (χ0n) is 19.5. The third kappa shape index (κ3) is 4.55. The molecule has 5 rings (SSSR count). The van der Waals surface area contributed by atoms with Gasteiger partial charge < -0.3 is 20.2 Å². The summed E-state index contributed by atoms with van der Waals surface area (Å²) in [5, 5.41) is 31.3. The second kappa shape index (κ2) is 9.84. The Morgan fingerprint density at radius 3 is 2.31 bits per heavy atom. The maximum atomic E-state index is 13.3. The molecule has 1 heterocycles. The lowest BCUT2D eigenvalue weighted by Gasteiger charge is -2.48. The molecule has 4 aromatic rings. The molecule has 1 fully saturated rings. The van der Waals surface area contributed by atoms with Gasteiger partial charge in [0.2, 0.25) is 5.91 Å². The van der Waals surface area contributed by atoms with Gasteiger partial charge in [-0.1, -0.05) is 54.6 Å². The van der Waals surface area contributed by atoms with E-state index in [9.17, 15) is 24.5 Å². The van der Waals surface area contributed by atoms with Gasteiger partial charge in [-0.25, -0.2) is 4.39 Å². The molecule has 36 heavy (non-hydrogen) atoms. The fraction of sp³-hybridized carbons (Fsp3) is 0.167. The molecular weight excluding hydrogens is 457 g/mol. The average molecular weight is 484 g/mol. The van der Waals surface area contributed by atoms with Crippen molar-refractivity contribution in [3.63, 3.8) is 0 Å². The van der Waals surface area contributed by atoms with Gasteiger partial charge in [0.1, 0.15) is 17.3 Å². The van der Waals surface area contributed by atoms with Crippen molar-refractivity contribution in [2.45, 2.75) is 25.0 Å². The Morgan fingerprint density at radius 2 is 1.61 bits per heavy atom. The maximum absolute atomic E-state index is 13.3. The van der Waals surface area contributed by atoms with Crippen molar-refractivity contribution in [1.82, 2.24) is 0 Å². The first-order valence-electron chi connectivity index (χ1n) is 11.9. The predicted molar refractivity (Wildman–Crippen MR) is 136 cm³/mol. The highest BCUT2D eigenvalue weighted by Crippen LogP contribution is 2.47. The highest BCUT2D eigenvalue weighted by molar-refractivity contribution is 6.03. The number of anilines is 1. The lowest BCUT2D eigenvalue weighted by molar-refractivity contribution is -0.131. The number of nitrogens with zero attached hydrogens (tertiary/aromatic N) is 1. The Labute approximate surface area is 208 Å². The van der Waals surface area contributed by atoms with Gasteiger partial charge in [-0.3, -0.25) is 4.79 Å². The Bertz CT molecular complexity index is 1370. The Morgan fingerprint density at radius 1 is 0.861 bits per heavy atom. The molecule has 0 aliphatic carbocycles. The van der Waals surface area contributed by atoms with Crippen molar-refractivity contribution in [2.75, 3.05) is 4.90 Å². The van der Waals surface area contributed by atoms with Crippen LogP contribution in [0.2, 0.25) is 0 Å². The number of carbonyl (C=O) groups is 1. The molecule has 6 heteroatoms. The van der Waals surface area contributed by atoms with Crippen LogP contribution >= 0.6 is 0 Å². The van der Waals surface area contributed by atoms with Gasteiger partial charge in [-0.15, -0.1) is 0 Å². The molecule has 0 radical (unpaired) electrons. The van der Waals surface area contributed by atoms with E-state index in [0.29, 0.717) is 29.5 Å². The van der Waals surface area contributed by atoms with Crippen molar-refractivity contribution >= 4 is 11.6 Å². The number of phenols is 2. The van der Waals surface area contributed by atoms with Crippen molar-refractivity contribution < 1.29 is 24.5 Å². The van der Waals surface area contributed by atoms with Crippen LogP contribution in [0.3, 0.4) is 0 Å². The number of rotatable bonds is 7. The number of para-hydroxylation sites is 1. The fourth-order valence-electron chi connectivity index (χ4n) is 4.93. The van der Waals surface area contributed by atoms with E-state index in [1.54, 1.807) is 53.4 Å². The molecule has 5 nitrogen and oxygen atoms in total. The zero-order chi connectivity index (χ0) is 25.2. The van der Waals surface area contributed by atoms with E-state index < -0.39 is 6.10 Å².